The molecule has 0 aromatic rings. The Balaban J connectivity index is 3.71. The zero-order valence-electron chi connectivity index (χ0n) is 6.85. The van der Waals surface area contributed by atoms with E-state index in [2.05, 4.69) is 5.32 Å². The largest absolute Gasteiger partial charge is 0.322 e. The Morgan fingerprint density at radius 3 is 2.40 bits per heavy atom. The molecule has 3 nitrogen and oxygen atoms in total. The van der Waals surface area contributed by atoms with Crippen molar-refractivity contribution in [3.8, 4) is 0 Å². The van der Waals surface area contributed by atoms with Crippen LogP contribution in [0.15, 0.2) is 0 Å². The van der Waals surface area contributed by atoms with Gasteiger partial charge in [-0.1, -0.05) is 6.92 Å². The number of nitrogens with two attached hydrogens (primary N) is 1. The molecule has 2 atom stereocenters. The standard InChI is InChI=1S/C7H16N2O/c1-4-9-6(3)7(10)5(2)8/h5-6,9H,4,8H2,1-3H3. The smallest absolute Gasteiger partial charge is 0.165 e. The van der Waals surface area contributed by atoms with Crippen LogP contribution in [-0.2, 0) is 4.79 Å². The number of rotatable bonds is 4. The van der Waals surface area contributed by atoms with Crippen molar-refractivity contribution in [2.45, 2.75) is 32.9 Å². The van der Waals surface area contributed by atoms with Crippen LogP contribution >= 0.6 is 0 Å². The molecule has 2 unspecified atom stereocenters. The van der Waals surface area contributed by atoms with Crippen LogP contribution in [0.2, 0.25) is 0 Å². The molecule has 0 saturated heterocycles. The normalized spacial score (nSPS) is 16.4. The van der Waals surface area contributed by atoms with E-state index in [0.717, 1.165) is 6.54 Å². The van der Waals surface area contributed by atoms with Crippen LogP contribution in [0.5, 0.6) is 0 Å². The van der Waals surface area contributed by atoms with Gasteiger partial charge in [-0.2, -0.15) is 0 Å². The molecule has 0 saturated carbocycles. The average molecular weight is 144 g/mol. The summed E-state index contributed by atoms with van der Waals surface area (Å²) in [7, 11) is 0. The quantitative estimate of drug-likeness (QED) is 0.579. The number of ketones is 1. The summed E-state index contributed by atoms with van der Waals surface area (Å²) in [5.41, 5.74) is 5.38. The van der Waals surface area contributed by atoms with Gasteiger partial charge in [0.05, 0.1) is 12.1 Å². The highest BCUT2D eigenvalue weighted by molar-refractivity contribution is 5.88. The van der Waals surface area contributed by atoms with Gasteiger partial charge in [0, 0.05) is 0 Å². The molecule has 0 amide bonds. The Hall–Kier alpha value is -0.410. The summed E-state index contributed by atoms with van der Waals surface area (Å²) in [6.07, 6.45) is 0. The lowest BCUT2D eigenvalue weighted by molar-refractivity contribution is -0.121. The van der Waals surface area contributed by atoms with E-state index in [-0.39, 0.29) is 17.9 Å². The molecular formula is C7H16N2O. The lowest BCUT2D eigenvalue weighted by Crippen LogP contribution is -2.42. The highest BCUT2D eigenvalue weighted by Crippen LogP contribution is 1.87. The molecule has 10 heavy (non-hydrogen) atoms. The van der Waals surface area contributed by atoms with Crippen molar-refractivity contribution in [1.29, 1.82) is 0 Å². The van der Waals surface area contributed by atoms with Gasteiger partial charge in [0.1, 0.15) is 0 Å². The Morgan fingerprint density at radius 2 is 2.10 bits per heavy atom. The molecule has 0 fully saturated rings. The van der Waals surface area contributed by atoms with Crippen molar-refractivity contribution in [2.75, 3.05) is 6.54 Å². The van der Waals surface area contributed by atoms with E-state index in [9.17, 15) is 4.79 Å². The summed E-state index contributed by atoms with van der Waals surface area (Å²) in [6.45, 7) is 6.30. The molecule has 3 N–H and O–H groups in total. The number of Topliss-reactive ketones (excluding diaryl/α,β-unsaturated/α-hetero) is 1. The second kappa shape index (κ2) is 4.41. The summed E-state index contributed by atoms with van der Waals surface area (Å²) in [4.78, 5) is 11.0. The van der Waals surface area contributed by atoms with Crippen molar-refractivity contribution in [1.82, 2.24) is 5.32 Å². The second-order valence-electron chi connectivity index (χ2n) is 2.47. The van der Waals surface area contributed by atoms with Crippen LogP contribution < -0.4 is 11.1 Å². The van der Waals surface area contributed by atoms with Gasteiger partial charge in [-0.15, -0.1) is 0 Å². The van der Waals surface area contributed by atoms with Crippen molar-refractivity contribution < 1.29 is 4.79 Å². The molecule has 0 spiro atoms. The van der Waals surface area contributed by atoms with Gasteiger partial charge in [-0.05, 0) is 20.4 Å². The maximum atomic E-state index is 11.0. The summed E-state index contributed by atoms with van der Waals surface area (Å²) in [5.74, 6) is 0.0712. The minimum Gasteiger partial charge on any atom is -0.322 e. The predicted octanol–water partition coefficient (Wildman–Crippen LogP) is -0.0993. The number of hydrogen-bond acceptors (Lipinski definition) is 3. The Labute approximate surface area is 62.0 Å². The maximum absolute atomic E-state index is 11.0. The third kappa shape index (κ3) is 2.94. The van der Waals surface area contributed by atoms with Crippen molar-refractivity contribution in [2.24, 2.45) is 5.73 Å². The van der Waals surface area contributed by atoms with E-state index >= 15 is 0 Å². The molecular weight excluding hydrogens is 128 g/mol. The molecule has 0 heterocycles. The first-order valence-corrected chi connectivity index (χ1v) is 3.62. The molecule has 0 aliphatic heterocycles. The maximum Gasteiger partial charge on any atom is 0.165 e. The van der Waals surface area contributed by atoms with E-state index in [4.69, 9.17) is 5.73 Å². The first kappa shape index (κ1) is 9.59. The zero-order chi connectivity index (χ0) is 8.15. The summed E-state index contributed by atoms with van der Waals surface area (Å²) < 4.78 is 0. The van der Waals surface area contributed by atoms with Crippen molar-refractivity contribution in [3.63, 3.8) is 0 Å². The molecule has 0 aliphatic carbocycles. The highest BCUT2D eigenvalue weighted by atomic mass is 16.1. The first-order chi connectivity index (χ1) is 4.59. The molecule has 0 radical (unpaired) electrons. The molecule has 0 bridgehead atoms. The Morgan fingerprint density at radius 1 is 1.60 bits per heavy atom. The van der Waals surface area contributed by atoms with Crippen LogP contribution in [0.1, 0.15) is 20.8 Å². The van der Waals surface area contributed by atoms with Gasteiger partial charge in [0.25, 0.3) is 0 Å². The highest BCUT2D eigenvalue weighted by Gasteiger charge is 2.14. The van der Waals surface area contributed by atoms with Gasteiger partial charge >= 0.3 is 0 Å². The Kier molecular flexibility index (Phi) is 4.23. The van der Waals surface area contributed by atoms with Crippen LogP contribution in [0.25, 0.3) is 0 Å². The molecule has 60 valence electrons. The van der Waals surface area contributed by atoms with E-state index < -0.39 is 0 Å². The van der Waals surface area contributed by atoms with Crippen LogP contribution in [0, 0.1) is 0 Å². The molecule has 0 aliphatic rings. The van der Waals surface area contributed by atoms with Crippen LogP contribution in [0.4, 0.5) is 0 Å². The minimum absolute atomic E-state index is 0.0712. The van der Waals surface area contributed by atoms with Crippen LogP contribution in [-0.4, -0.2) is 24.4 Å². The van der Waals surface area contributed by atoms with Crippen LogP contribution in [0.3, 0.4) is 0 Å². The number of carbonyl (C=O) groups excluding carboxylic acids is 1. The summed E-state index contributed by atoms with van der Waals surface area (Å²) in [6, 6.07) is -0.459. The van der Waals surface area contributed by atoms with E-state index in [1.54, 1.807) is 6.92 Å². The van der Waals surface area contributed by atoms with E-state index in [0.29, 0.717) is 0 Å². The fraction of sp³-hybridized carbons (Fsp3) is 0.857. The monoisotopic (exact) mass is 144 g/mol. The molecule has 0 aromatic heterocycles. The Bertz CT molecular complexity index is 112. The van der Waals surface area contributed by atoms with Crippen molar-refractivity contribution >= 4 is 5.78 Å². The number of hydrogen-bond donors (Lipinski definition) is 2. The molecule has 0 aromatic carbocycles. The zero-order valence-corrected chi connectivity index (χ0v) is 6.85. The van der Waals surface area contributed by atoms with Gasteiger partial charge in [-0.25, -0.2) is 0 Å². The SMILES string of the molecule is CCNC(C)C(=O)C(C)N. The third-order valence-corrected chi connectivity index (χ3v) is 1.39. The molecule has 3 heteroatoms. The number of nitrogens with one attached hydrogen (secondary N) is 1. The van der Waals surface area contributed by atoms with E-state index in [1.165, 1.54) is 0 Å². The first-order valence-electron chi connectivity index (χ1n) is 3.62. The minimum atomic E-state index is -0.353. The van der Waals surface area contributed by atoms with E-state index in [1.807, 2.05) is 13.8 Å². The fourth-order valence-electron chi connectivity index (χ4n) is 0.801. The predicted molar refractivity (Wildman–Crippen MR) is 41.8 cm³/mol. The van der Waals surface area contributed by atoms with Gasteiger partial charge in [-0.3, -0.25) is 4.79 Å². The number of likely N-dealkylation sites (N-methyl/N-ethyl adjacent to an activating group) is 1. The lowest BCUT2D eigenvalue weighted by atomic mass is 10.1. The van der Waals surface area contributed by atoms with Crippen molar-refractivity contribution in [3.05, 3.63) is 0 Å². The third-order valence-electron chi connectivity index (χ3n) is 1.39. The molecule has 0 rings (SSSR count). The van der Waals surface area contributed by atoms with Gasteiger partial charge < -0.3 is 11.1 Å². The lowest BCUT2D eigenvalue weighted by Gasteiger charge is -2.12. The second-order valence-corrected chi connectivity index (χ2v) is 2.47. The fourth-order valence-corrected chi connectivity index (χ4v) is 0.801. The van der Waals surface area contributed by atoms with Gasteiger partial charge in [0.15, 0.2) is 5.78 Å². The summed E-state index contributed by atoms with van der Waals surface area (Å²) in [5, 5.41) is 3.00. The number of carbonyl (C=O) groups is 1. The summed E-state index contributed by atoms with van der Waals surface area (Å²) >= 11 is 0. The average Bonchev–Trinajstić information content (AvgIpc) is 1.87. The topological polar surface area (TPSA) is 55.1 Å². The van der Waals surface area contributed by atoms with Gasteiger partial charge in [0.2, 0.25) is 0 Å².